The van der Waals surface area contributed by atoms with Gasteiger partial charge in [0.25, 0.3) is 0 Å². The van der Waals surface area contributed by atoms with Gasteiger partial charge in [-0.05, 0) is 53.2 Å². The lowest BCUT2D eigenvalue weighted by atomic mass is 10.0. The lowest BCUT2D eigenvalue weighted by molar-refractivity contribution is 0.103. The van der Waals surface area contributed by atoms with Gasteiger partial charge in [0.15, 0.2) is 5.78 Å². The minimum atomic E-state index is -0.582. The van der Waals surface area contributed by atoms with Crippen LogP contribution in [0.2, 0.25) is 0 Å². The van der Waals surface area contributed by atoms with Gasteiger partial charge in [-0.1, -0.05) is 11.6 Å². The van der Waals surface area contributed by atoms with Crippen molar-refractivity contribution in [3.05, 3.63) is 69.2 Å². The van der Waals surface area contributed by atoms with Crippen LogP contribution in [-0.4, -0.2) is 5.78 Å². The Kier molecular flexibility index (Phi) is 3.57. The molecule has 0 spiro atoms. The lowest BCUT2D eigenvalue weighted by Gasteiger charge is -2.06. The second-order valence-electron chi connectivity index (χ2n) is 3.94. The zero-order chi connectivity index (χ0) is 13.3. The molecule has 0 unspecified atom stereocenters. The number of hydrogen-bond acceptors (Lipinski definition) is 1. The van der Waals surface area contributed by atoms with Gasteiger partial charge in [-0.3, -0.25) is 4.79 Å². The Morgan fingerprint density at radius 1 is 1.06 bits per heavy atom. The summed E-state index contributed by atoms with van der Waals surface area (Å²) in [4.78, 5) is 12.2. The third-order valence-corrected chi connectivity index (χ3v) is 3.20. The van der Waals surface area contributed by atoms with Gasteiger partial charge in [0, 0.05) is 10.0 Å². The lowest BCUT2D eigenvalue weighted by Crippen LogP contribution is -2.05. The Bertz CT molecular complexity index is 623. The van der Waals surface area contributed by atoms with Crippen LogP contribution in [-0.2, 0) is 0 Å². The van der Waals surface area contributed by atoms with Crippen molar-refractivity contribution >= 4 is 21.7 Å². The van der Waals surface area contributed by atoms with Crippen LogP contribution in [0.1, 0.15) is 21.5 Å². The van der Waals surface area contributed by atoms with E-state index in [0.717, 1.165) is 5.56 Å². The maximum atomic E-state index is 13.6. The fraction of sp³-hybridized carbons (Fsp3) is 0.0714. The number of aryl methyl sites for hydroxylation is 1. The molecule has 0 aliphatic rings. The van der Waals surface area contributed by atoms with Crippen molar-refractivity contribution in [3.63, 3.8) is 0 Å². The quantitative estimate of drug-likeness (QED) is 0.757. The molecule has 2 aromatic carbocycles. The van der Waals surface area contributed by atoms with Crippen LogP contribution >= 0.6 is 15.9 Å². The van der Waals surface area contributed by atoms with Gasteiger partial charge in [0.2, 0.25) is 0 Å². The molecule has 0 aliphatic carbocycles. The first-order valence-electron chi connectivity index (χ1n) is 5.25. The first kappa shape index (κ1) is 12.9. The summed E-state index contributed by atoms with van der Waals surface area (Å²) < 4.78 is 26.9. The van der Waals surface area contributed by atoms with Gasteiger partial charge >= 0.3 is 0 Å². The molecule has 0 atom stereocenters. The second kappa shape index (κ2) is 4.98. The third-order valence-electron chi connectivity index (χ3n) is 2.54. The molecular formula is C14H9BrF2O. The van der Waals surface area contributed by atoms with E-state index in [9.17, 15) is 13.6 Å². The van der Waals surface area contributed by atoms with Crippen molar-refractivity contribution in [1.29, 1.82) is 0 Å². The number of ketones is 1. The molecule has 4 heteroatoms. The fourth-order valence-corrected chi connectivity index (χ4v) is 2.16. The topological polar surface area (TPSA) is 17.1 Å². The highest BCUT2D eigenvalue weighted by Gasteiger charge is 2.17. The van der Waals surface area contributed by atoms with E-state index in [1.807, 2.05) is 0 Å². The van der Waals surface area contributed by atoms with Crippen molar-refractivity contribution < 1.29 is 13.6 Å². The van der Waals surface area contributed by atoms with Crippen molar-refractivity contribution in [2.24, 2.45) is 0 Å². The van der Waals surface area contributed by atoms with Gasteiger partial charge < -0.3 is 0 Å². The number of carbonyl (C=O) groups is 1. The fourth-order valence-electron chi connectivity index (χ4n) is 1.63. The minimum absolute atomic E-state index is 0.0118. The van der Waals surface area contributed by atoms with E-state index in [2.05, 4.69) is 15.9 Å². The monoisotopic (exact) mass is 310 g/mol. The Hall–Kier alpha value is -1.55. The van der Waals surface area contributed by atoms with E-state index < -0.39 is 17.4 Å². The maximum absolute atomic E-state index is 13.6. The third kappa shape index (κ3) is 2.48. The molecule has 92 valence electrons. The molecule has 0 heterocycles. The van der Waals surface area contributed by atoms with Crippen LogP contribution in [0.4, 0.5) is 8.78 Å². The zero-order valence-electron chi connectivity index (χ0n) is 9.51. The SMILES string of the molecule is Cc1ccc(F)c(C(=O)c2ccc(F)cc2Br)c1. The molecule has 0 saturated carbocycles. The minimum Gasteiger partial charge on any atom is -0.288 e. The predicted octanol–water partition coefficient (Wildman–Crippen LogP) is 4.27. The summed E-state index contributed by atoms with van der Waals surface area (Å²) in [6.07, 6.45) is 0. The highest BCUT2D eigenvalue weighted by atomic mass is 79.9. The van der Waals surface area contributed by atoms with Crippen molar-refractivity contribution in [1.82, 2.24) is 0 Å². The maximum Gasteiger partial charge on any atom is 0.197 e. The van der Waals surface area contributed by atoms with Gasteiger partial charge in [-0.25, -0.2) is 8.78 Å². The molecular weight excluding hydrogens is 302 g/mol. The number of rotatable bonds is 2. The summed E-state index contributed by atoms with van der Waals surface area (Å²) >= 11 is 3.10. The summed E-state index contributed by atoms with van der Waals surface area (Å²) in [5, 5.41) is 0. The first-order chi connectivity index (χ1) is 8.49. The van der Waals surface area contributed by atoms with Crippen LogP contribution < -0.4 is 0 Å². The van der Waals surface area contributed by atoms with Crippen molar-refractivity contribution in [2.45, 2.75) is 6.92 Å². The summed E-state index contributed by atoms with van der Waals surface area (Å²) in [5.74, 6) is -1.51. The van der Waals surface area contributed by atoms with Crippen LogP contribution in [0.15, 0.2) is 40.9 Å². The average molecular weight is 311 g/mol. The van der Waals surface area contributed by atoms with E-state index in [0.29, 0.717) is 4.47 Å². The van der Waals surface area contributed by atoms with Crippen molar-refractivity contribution in [2.75, 3.05) is 0 Å². The number of carbonyl (C=O) groups excluding carboxylic acids is 1. The molecule has 0 radical (unpaired) electrons. The van der Waals surface area contributed by atoms with Crippen LogP contribution in [0.25, 0.3) is 0 Å². The number of halogens is 3. The van der Waals surface area contributed by atoms with Crippen LogP contribution in [0.3, 0.4) is 0 Å². The molecule has 0 aromatic heterocycles. The molecule has 0 saturated heterocycles. The highest BCUT2D eigenvalue weighted by Crippen LogP contribution is 2.23. The van der Waals surface area contributed by atoms with E-state index in [1.165, 1.54) is 30.3 Å². The molecule has 1 nitrogen and oxygen atoms in total. The van der Waals surface area contributed by atoms with Crippen LogP contribution in [0.5, 0.6) is 0 Å². The summed E-state index contributed by atoms with van der Waals surface area (Å²) in [6.45, 7) is 1.77. The van der Waals surface area contributed by atoms with E-state index in [4.69, 9.17) is 0 Å². The highest BCUT2D eigenvalue weighted by molar-refractivity contribution is 9.10. The Balaban J connectivity index is 2.51. The van der Waals surface area contributed by atoms with E-state index >= 15 is 0 Å². The molecule has 18 heavy (non-hydrogen) atoms. The molecule has 0 amide bonds. The van der Waals surface area contributed by atoms with E-state index in [-0.39, 0.29) is 11.1 Å². The predicted molar refractivity (Wildman–Crippen MR) is 68.7 cm³/mol. The molecule has 0 bridgehead atoms. The molecule has 0 aliphatic heterocycles. The molecule has 2 rings (SSSR count). The standard InChI is InChI=1S/C14H9BrF2O/c1-8-2-5-13(17)11(6-8)14(18)10-4-3-9(16)7-12(10)15/h2-7H,1H3. The Morgan fingerprint density at radius 2 is 1.78 bits per heavy atom. The summed E-state index contributed by atoms with van der Waals surface area (Å²) in [7, 11) is 0. The second-order valence-corrected chi connectivity index (χ2v) is 4.79. The van der Waals surface area contributed by atoms with E-state index in [1.54, 1.807) is 13.0 Å². The van der Waals surface area contributed by atoms with Gasteiger partial charge in [-0.2, -0.15) is 0 Å². The zero-order valence-corrected chi connectivity index (χ0v) is 11.1. The summed E-state index contributed by atoms with van der Waals surface area (Å²) in [5.41, 5.74) is 1.01. The molecule has 0 fully saturated rings. The number of hydrogen-bond donors (Lipinski definition) is 0. The molecule has 0 N–H and O–H groups in total. The van der Waals surface area contributed by atoms with Gasteiger partial charge in [0.1, 0.15) is 11.6 Å². The normalized spacial score (nSPS) is 10.4. The Morgan fingerprint density at radius 3 is 2.44 bits per heavy atom. The smallest absolute Gasteiger partial charge is 0.197 e. The first-order valence-corrected chi connectivity index (χ1v) is 6.04. The van der Waals surface area contributed by atoms with Gasteiger partial charge in [-0.15, -0.1) is 0 Å². The average Bonchev–Trinajstić information content (AvgIpc) is 2.31. The van der Waals surface area contributed by atoms with Crippen LogP contribution in [0, 0.1) is 18.6 Å². The largest absolute Gasteiger partial charge is 0.288 e. The Labute approximate surface area is 112 Å². The van der Waals surface area contributed by atoms with Crippen molar-refractivity contribution in [3.8, 4) is 0 Å². The van der Waals surface area contributed by atoms with Gasteiger partial charge in [0.05, 0.1) is 5.56 Å². The summed E-state index contributed by atoms with van der Waals surface area (Å²) in [6, 6.07) is 8.01. The number of benzene rings is 2. The molecule has 2 aromatic rings.